The minimum absolute atomic E-state index is 0.0273. The van der Waals surface area contributed by atoms with Gasteiger partial charge in [0.2, 0.25) is 11.8 Å². The Bertz CT molecular complexity index is 538. The first-order valence-corrected chi connectivity index (χ1v) is 8.90. The van der Waals surface area contributed by atoms with Crippen LogP contribution >= 0.6 is 0 Å². The highest BCUT2D eigenvalue weighted by molar-refractivity contribution is 5.99. The molecule has 0 spiro atoms. The van der Waals surface area contributed by atoms with E-state index in [1.54, 1.807) is 4.90 Å². The molecular formula is C19H26N2O2. The average molecular weight is 314 g/mol. The van der Waals surface area contributed by atoms with Crippen LogP contribution in [0.2, 0.25) is 0 Å². The van der Waals surface area contributed by atoms with Crippen LogP contribution in [0, 0.1) is 5.92 Å². The molecule has 124 valence electrons. The molecule has 1 saturated heterocycles. The highest BCUT2D eigenvalue weighted by atomic mass is 16.2. The third kappa shape index (κ3) is 4.12. The van der Waals surface area contributed by atoms with E-state index in [4.69, 9.17) is 0 Å². The molecule has 0 bridgehead atoms. The van der Waals surface area contributed by atoms with Gasteiger partial charge in [0.1, 0.15) is 6.04 Å². The molecule has 4 nitrogen and oxygen atoms in total. The maximum Gasteiger partial charge on any atom is 0.249 e. The van der Waals surface area contributed by atoms with Crippen LogP contribution in [0.4, 0.5) is 5.69 Å². The van der Waals surface area contributed by atoms with Crippen LogP contribution in [0.1, 0.15) is 51.4 Å². The van der Waals surface area contributed by atoms with E-state index in [0.29, 0.717) is 12.3 Å². The van der Waals surface area contributed by atoms with Crippen LogP contribution in [-0.4, -0.2) is 24.4 Å². The number of nitrogens with zero attached hydrogens (tertiary/aromatic N) is 1. The number of hydrogen-bond donors (Lipinski definition) is 1. The van der Waals surface area contributed by atoms with E-state index in [-0.39, 0.29) is 17.9 Å². The van der Waals surface area contributed by atoms with Crippen molar-refractivity contribution in [1.29, 1.82) is 0 Å². The number of nitrogens with one attached hydrogen (secondary N) is 1. The molecule has 4 heteroatoms. The average Bonchev–Trinajstić information content (AvgIpc) is 2.58. The molecule has 1 heterocycles. The molecule has 1 unspecified atom stereocenters. The lowest BCUT2D eigenvalue weighted by Gasteiger charge is -2.33. The fourth-order valence-electron chi connectivity index (χ4n) is 3.78. The largest absolute Gasteiger partial charge is 0.344 e. The number of amides is 2. The van der Waals surface area contributed by atoms with Crippen molar-refractivity contribution in [3.63, 3.8) is 0 Å². The zero-order valence-electron chi connectivity index (χ0n) is 13.7. The Labute approximate surface area is 138 Å². The van der Waals surface area contributed by atoms with Gasteiger partial charge in [-0.3, -0.25) is 9.59 Å². The number of carbonyl (C=O) groups excluding carboxylic acids is 2. The van der Waals surface area contributed by atoms with Crippen molar-refractivity contribution >= 4 is 17.5 Å². The Morgan fingerprint density at radius 1 is 1.04 bits per heavy atom. The maximum absolute atomic E-state index is 12.7. The van der Waals surface area contributed by atoms with Gasteiger partial charge >= 0.3 is 0 Å². The van der Waals surface area contributed by atoms with Gasteiger partial charge in [-0.25, -0.2) is 0 Å². The molecule has 1 aliphatic carbocycles. The molecule has 1 aromatic rings. The van der Waals surface area contributed by atoms with E-state index >= 15 is 0 Å². The van der Waals surface area contributed by atoms with Gasteiger partial charge in [-0.2, -0.15) is 0 Å². The second-order valence-electron chi connectivity index (χ2n) is 6.80. The molecule has 1 aromatic carbocycles. The van der Waals surface area contributed by atoms with Crippen molar-refractivity contribution in [2.24, 2.45) is 5.92 Å². The van der Waals surface area contributed by atoms with Crippen molar-refractivity contribution in [2.45, 2.75) is 57.4 Å². The lowest BCUT2D eigenvalue weighted by molar-refractivity contribution is -0.129. The highest BCUT2D eigenvalue weighted by Crippen LogP contribution is 2.26. The Hall–Kier alpha value is -1.84. The topological polar surface area (TPSA) is 49.4 Å². The van der Waals surface area contributed by atoms with E-state index < -0.39 is 0 Å². The second-order valence-corrected chi connectivity index (χ2v) is 6.80. The van der Waals surface area contributed by atoms with E-state index in [1.165, 1.54) is 19.3 Å². The van der Waals surface area contributed by atoms with Gasteiger partial charge in [0.05, 0.1) is 0 Å². The Kier molecular flexibility index (Phi) is 5.31. The van der Waals surface area contributed by atoms with Crippen LogP contribution in [0.25, 0.3) is 0 Å². The molecule has 3 rings (SSSR count). The smallest absolute Gasteiger partial charge is 0.249 e. The first-order chi connectivity index (χ1) is 11.2. The zero-order chi connectivity index (χ0) is 16.1. The van der Waals surface area contributed by atoms with Crippen molar-refractivity contribution in [2.75, 3.05) is 11.4 Å². The summed E-state index contributed by atoms with van der Waals surface area (Å²) in [6.45, 7) is 0.734. The zero-order valence-corrected chi connectivity index (χ0v) is 13.7. The fraction of sp³-hybridized carbons (Fsp3) is 0.579. The van der Waals surface area contributed by atoms with Crippen molar-refractivity contribution in [3.05, 3.63) is 30.3 Å². The summed E-state index contributed by atoms with van der Waals surface area (Å²) in [5, 5.41) is 2.99. The molecule has 1 atom stereocenters. The molecule has 23 heavy (non-hydrogen) atoms. The number of para-hydroxylation sites is 1. The third-order valence-electron chi connectivity index (χ3n) is 5.04. The predicted molar refractivity (Wildman–Crippen MR) is 91.2 cm³/mol. The lowest BCUT2D eigenvalue weighted by atomic mass is 9.86. The summed E-state index contributed by atoms with van der Waals surface area (Å²) >= 11 is 0. The number of anilines is 1. The summed E-state index contributed by atoms with van der Waals surface area (Å²) in [5.41, 5.74) is 0.920. The first-order valence-electron chi connectivity index (χ1n) is 8.90. The summed E-state index contributed by atoms with van der Waals surface area (Å²) in [4.78, 5) is 26.8. The summed E-state index contributed by atoms with van der Waals surface area (Å²) in [7, 11) is 0. The summed E-state index contributed by atoms with van der Waals surface area (Å²) < 4.78 is 0. The van der Waals surface area contributed by atoms with Gasteiger partial charge in [-0.15, -0.1) is 0 Å². The van der Waals surface area contributed by atoms with Crippen LogP contribution in [-0.2, 0) is 9.59 Å². The molecule has 1 N–H and O–H groups in total. The van der Waals surface area contributed by atoms with Gasteiger partial charge in [0.15, 0.2) is 0 Å². The van der Waals surface area contributed by atoms with E-state index in [0.717, 1.165) is 37.9 Å². The van der Waals surface area contributed by atoms with Crippen LogP contribution in [0.15, 0.2) is 30.3 Å². The summed E-state index contributed by atoms with van der Waals surface area (Å²) in [6.07, 6.45) is 8.34. The Morgan fingerprint density at radius 3 is 2.52 bits per heavy atom. The number of benzene rings is 1. The SMILES string of the molecule is O=C(CC1CCCCC1)NC1CCCN(c2ccccc2)C1=O. The van der Waals surface area contributed by atoms with Gasteiger partial charge < -0.3 is 10.2 Å². The number of carbonyl (C=O) groups is 2. The maximum atomic E-state index is 12.7. The van der Waals surface area contributed by atoms with Gasteiger partial charge in [-0.05, 0) is 43.7 Å². The van der Waals surface area contributed by atoms with Crippen molar-refractivity contribution in [3.8, 4) is 0 Å². The molecule has 0 aromatic heterocycles. The van der Waals surface area contributed by atoms with E-state index in [2.05, 4.69) is 5.32 Å². The van der Waals surface area contributed by atoms with Gasteiger partial charge in [-0.1, -0.05) is 37.5 Å². The number of rotatable bonds is 4. The monoisotopic (exact) mass is 314 g/mol. The second kappa shape index (κ2) is 7.62. The molecule has 2 amide bonds. The lowest BCUT2D eigenvalue weighted by Crippen LogP contribution is -2.52. The Morgan fingerprint density at radius 2 is 1.78 bits per heavy atom. The summed E-state index contributed by atoms with van der Waals surface area (Å²) in [6, 6.07) is 9.36. The number of piperidine rings is 1. The first kappa shape index (κ1) is 16.0. The van der Waals surface area contributed by atoms with Crippen molar-refractivity contribution in [1.82, 2.24) is 5.32 Å². The highest BCUT2D eigenvalue weighted by Gasteiger charge is 2.31. The minimum atomic E-state index is -0.361. The molecule has 1 aliphatic heterocycles. The molecule has 2 aliphatic rings. The number of hydrogen-bond acceptors (Lipinski definition) is 2. The van der Waals surface area contributed by atoms with E-state index in [1.807, 2.05) is 30.3 Å². The van der Waals surface area contributed by atoms with E-state index in [9.17, 15) is 9.59 Å². The molecule has 2 fully saturated rings. The molecule has 0 radical (unpaired) electrons. The van der Waals surface area contributed by atoms with Gasteiger partial charge in [0.25, 0.3) is 0 Å². The minimum Gasteiger partial charge on any atom is -0.344 e. The quantitative estimate of drug-likeness (QED) is 0.927. The van der Waals surface area contributed by atoms with Crippen LogP contribution in [0.3, 0.4) is 0 Å². The molecule has 1 saturated carbocycles. The normalized spacial score (nSPS) is 22.9. The predicted octanol–water partition coefficient (Wildman–Crippen LogP) is 3.27. The molecular weight excluding hydrogens is 288 g/mol. The van der Waals surface area contributed by atoms with Crippen LogP contribution in [0.5, 0.6) is 0 Å². The van der Waals surface area contributed by atoms with Crippen molar-refractivity contribution < 1.29 is 9.59 Å². The standard InChI is InChI=1S/C19H26N2O2/c22-18(14-15-8-3-1-4-9-15)20-17-12-7-13-21(19(17)23)16-10-5-2-6-11-16/h2,5-6,10-11,15,17H,1,3-4,7-9,12-14H2,(H,20,22). The van der Waals surface area contributed by atoms with Crippen LogP contribution < -0.4 is 10.2 Å². The third-order valence-corrected chi connectivity index (χ3v) is 5.04. The Balaban J connectivity index is 1.57. The summed E-state index contributed by atoms with van der Waals surface area (Å²) in [5.74, 6) is 0.581. The fourth-order valence-corrected chi connectivity index (χ4v) is 3.78. The van der Waals surface area contributed by atoms with Gasteiger partial charge in [0, 0.05) is 18.7 Å².